The van der Waals surface area contributed by atoms with E-state index in [9.17, 15) is 9.50 Å². The van der Waals surface area contributed by atoms with Gasteiger partial charge in [0.25, 0.3) is 0 Å². The smallest absolute Gasteiger partial charge is 0.123 e. The molecule has 118 valence electrons. The third-order valence-corrected chi connectivity index (χ3v) is 3.58. The summed E-state index contributed by atoms with van der Waals surface area (Å²) in [4.78, 5) is 0. The van der Waals surface area contributed by atoms with Crippen LogP contribution in [0.15, 0.2) is 24.3 Å². The van der Waals surface area contributed by atoms with Crippen LogP contribution >= 0.6 is 0 Å². The third kappa shape index (κ3) is 4.93. The average Bonchev–Trinajstić information content (AvgIpc) is 2.96. The zero-order valence-electron chi connectivity index (χ0n) is 12.2. The van der Waals surface area contributed by atoms with E-state index in [2.05, 4.69) is 5.32 Å². The van der Waals surface area contributed by atoms with E-state index in [4.69, 9.17) is 14.2 Å². The van der Waals surface area contributed by atoms with Crippen molar-refractivity contribution in [3.05, 3.63) is 30.1 Å². The van der Waals surface area contributed by atoms with Gasteiger partial charge in [-0.15, -0.1) is 0 Å². The second kappa shape index (κ2) is 7.70. The van der Waals surface area contributed by atoms with Gasteiger partial charge < -0.3 is 24.6 Å². The minimum Gasteiger partial charge on any atom is -0.491 e. The monoisotopic (exact) mass is 299 g/mol. The topological polar surface area (TPSA) is 60.0 Å². The molecule has 1 heterocycles. The van der Waals surface area contributed by atoms with Crippen LogP contribution in [-0.4, -0.2) is 56.8 Å². The Morgan fingerprint density at radius 1 is 1.43 bits per heavy atom. The van der Waals surface area contributed by atoms with Gasteiger partial charge >= 0.3 is 0 Å². The normalized spacial score (nSPS) is 23.2. The number of methoxy groups -OCH3 is 1. The molecule has 2 rings (SSSR count). The first-order valence-corrected chi connectivity index (χ1v) is 7.04. The molecule has 2 N–H and O–H groups in total. The summed E-state index contributed by atoms with van der Waals surface area (Å²) in [7, 11) is 1.67. The van der Waals surface area contributed by atoms with Crippen LogP contribution in [0.5, 0.6) is 5.75 Å². The minimum absolute atomic E-state index is 0.148. The van der Waals surface area contributed by atoms with Gasteiger partial charge in [-0.2, -0.15) is 0 Å². The SMILES string of the molecule is COC1(CNCC(O)COc2ccc(F)cc2)CCOC1. The van der Waals surface area contributed by atoms with Crippen LogP contribution in [0.4, 0.5) is 4.39 Å². The summed E-state index contributed by atoms with van der Waals surface area (Å²) in [5, 5.41) is 13.0. The fraction of sp³-hybridized carbons (Fsp3) is 0.600. The van der Waals surface area contributed by atoms with Gasteiger partial charge in [-0.05, 0) is 24.3 Å². The van der Waals surface area contributed by atoms with Gasteiger partial charge in [0.2, 0.25) is 0 Å². The number of halogens is 1. The van der Waals surface area contributed by atoms with Gasteiger partial charge in [0.05, 0.1) is 6.61 Å². The molecule has 0 bridgehead atoms. The van der Waals surface area contributed by atoms with Crippen molar-refractivity contribution in [2.75, 3.05) is 40.0 Å². The molecule has 0 saturated carbocycles. The molecule has 0 radical (unpaired) electrons. The highest BCUT2D eigenvalue weighted by Crippen LogP contribution is 2.21. The van der Waals surface area contributed by atoms with Crippen molar-refractivity contribution in [2.24, 2.45) is 0 Å². The Labute approximate surface area is 124 Å². The van der Waals surface area contributed by atoms with Crippen LogP contribution in [0.3, 0.4) is 0 Å². The van der Waals surface area contributed by atoms with Crippen LogP contribution in [0, 0.1) is 5.82 Å². The zero-order valence-corrected chi connectivity index (χ0v) is 12.2. The maximum Gasteiger partial charge on any atom is 0.123 e. The maximum atomic E-state index is 12.7. The Morgan fingerprint density at radius 2 is 2.19 bits per heavy atom. The van der Waals surface area contributed by atoms with Crippen molar-refractivity contribution in [1.82, 2.24) is 5.32 Å². The standard InChI is InChI=1S/C15H22FNO4/c1-19-15(6-7-20-11-15)10-17-8-13(18)9-21-14-4-2-12(16)3-5-14/h2-5,13,17-18H,6-11H2,1H3. The Balaban J connectivity index is 1.65. The molecule has 6 heteroatoms. The first-order valence-electron chi connectivity index (χ1n) is 7.04. The summed E-state index contributed by atoms with van der Waals surface area (Å²) < 4.78 is 28.9. The summed E-state index contributed by atoms with van der Waals surface area (Å²) in [5.74, 6) is 0.223. The first-order chi connectivity index (χ1) is 10.1. The number of nitrogens with one attached hydrogen (secondary N) is 1. The molecule has 1 fully saturated rings. The number of hydrogen-bond donors (Lipinski definition) is 2. The molecule has 1 aromatic rings. The van der Waals surface area contributed by atoms with E-state index < -0.39 is 6.10 Å². The molecule has 5 nitrogen and oxygen atoms in total. The number of ether oxygens (including phenoxy) is 3. The van der Waals surface area contributed by atoms with Gasteiger partial charge in [-0.3, -0.25) is 0 Å². The summed E-state index contributed by atoms with van der Waals surface area (Å²) in [6.45, 7) is 2.43. The van der Waals surface area contributed by atoms with Crippen molar-refractivity contribution in [3.8, 4) is 5.75 Å². The molecule has 1 aromatic carbocycles. The number of rotatable bonds is 8. The van der Waals surface area contributed by atoms with E-state index in [1.54, 1.807) is 7.11 Å². The lowest BCUT2D eigenvalue weighted by Crippen LogP contribution is -2.45. The van der Waals surface area contributed by atoms with Crippen LogP contribution in [-0.2, 0) is 9.47 Å². The van der Waals surface area contributed by atoms with E-state index in [1.807, 2.05) is 0 Å². The Morgan fingerprint density at radius 3 is 2.81 bits per heavy atom. The van der Waals surface area contributed by atoms with Gasteiger partial charge in [0.15, 0.2) is 0 Å². The van der Waals surface area contributed by atoms with Crippen molar-refractivity contribution in [3.63, 3.8) is 0 Å². The van der Waals surface area contributed by atoms with Gasteiger partial charge in [0.1, 0.15) is 29.9 Å². The van der Waals surface area contributed by atoms with E-state index in [0.29, 0.717) is 32.1 Å². The average molecular weight is 299 g/mol. The molecule has 1 saturated heterocycles. The highest BCUT2D eigenvalue weighted by molar-refractivity contribution is 5.22. The summed E-state index contributed by atoms with van der Waals surface area (Å²) in [6.07, 6.45) is 0.199. The fourth-order valence-corrected chi connectivity index (χ4v) is 2.21. The summed E-state index contributed by atoms with van der Waals surface area (Å²) in [5.41, 5.74) is -0.294. The molecule has 0 aliphatic carbocycles. The summed E-state index contributed by atoms with van der Waals surface area (Å²) in [6, 6.07) is 5.71. The Kier molecular flexibility index (Phi) is 5.93. The number of aliphatic hydroxyl groups is 1. The lowest BCUT2D eigenvalue weighted by molar-refractivity contribution is -0.0180. The van der Waals surface area contributed by atoms with Crippen LogP contribution in [0.2, 0.25) is 0 Å². The highest BCUT2D eigenvalue weighted by Gasteiger charge is 2.34. The molecule has 21 heavy (non-hydrogen) atoms. The molecule has 0 amide bonds. The van der Waals surface area contributed by atoms with Crippen molar-refractivity contribution < 1.29 is 23.7 Å². The van der Waals surface area contributed by atoms with Gasteiger partial charge in [-0.25, -0.2) is 4.39 Å². The molecular weight excluding hydrogens is 277 g/mol. The zero-order chi connectivity index (χ0) is 15.1. The molecule has 2 atom stereocenters. The van der Waals surface area contributed by atoms with Crippen molar-refractivity contribution in [2.45, 2.75) is 18.1 Å². The predicted octanol–water partition coefficient (Wildman–Crippen LogP) is 0.960. The highest BCUT2D eigenvalue weighted by atomic mass is 19.1. The largest absolute Gasteiger partial charge is 0.491 e. The second-order valence-corrected chi connectivity index (χ2v) is 5.24. The molecule has 0 spiro atoms. The van der Waals surface area contributed by atoms with Crippen molar-refractivity contribution >= 4 is 0 Å². The Hall–Kier alpha value is -1.21. The van der Waals surface area contributed by atoms with Gasteiger partial charge in [0, 0.05) is 33.2 Å². The number of hydrogen-bond acceptors (Lipinski definition) is 5. The van der Waals surface area contributed by atoms with Crippen LogP contribution in [0.25, 0.3) is 0 Å². The first kappa shape index (κ1) is 16.2. The van der Waals surface area contributed by atoms with Crippen molar-refractivity contribution in [1.29, 1.82) is 0 Å². The quantitative estimate of drug-likeness (QED) is 0.749. The lowest BCUT2D eigenvalue weighted by Gasteiger charge is -2.26. The lowest BCUT2D eigenvalue weighted by atomic mass is 10.0. The Bertz CT molecular complexity index is 420. The maximum absolute atomic E-state index is 12.7. The third-order valence-electron chi connectivity index (χ3n) is 3.58. The number of aliphatic hydroxyl groups excluding tert-OH is 1. The number of benzene rings is 1. The van der Waals surface area contributed by atoms with Crippen LogP contribution < -0.4 is 10.1 Å². The van der Waals surface area contributed by atoms with E-state index in [0.717, 1.165) is 6.42 Å². The molecule has 1 aliphatic heterocycles. The second-order valence-electron chi connectivity index (χ2n) is 5.24. The van der Waals surface area contributed by atoms with Gasteiger partial charge in [-0.1, -0.05) is 0 Å². The molecule has 1 aliphatic rings. The summed E-state index contributed by atoms with van der Waals surface area (Å²) >= 11 is 0. The van der Waals surface area contributed by atoms with E-state index >= 15 is 0 Å². The fourth-order valence-electron chi connectivity index (χ4n) is 2.21. The van der Waals surface area contributed by atoms with E-state index in [-0.39, 0.29) is 18.0 Å². The van der Waals surface area contributed by atoms with Crippen LogP contribution in [0.1, 0.15) is 6.42 Å². The molecular formula is C15H22FNO4. The molecule has 0 aromatic heterocycles. The minimum atomic E-state index is -0.647. The van der Waals surface area contributed by atoms with E-state index in [1.165, 1.54) is 24.3 Å². The predicted molar refractivity (Wildman–Crippen MR) is 75.9 cm³/mol. The molecule has 2 unspecified atom stereocenters.